The van der Waals surface area contributed by atoms with E-state index in [1.54, 1.807) is 29.4 Å². The van der Waals surface area contributed by atoms with E-state index in [1.165, 1.54) is 0 Å². The van der Waals surface area contributed by atoms with Gasteiger partial charge in [0.1, 0.15) is 18.3 Å². The number of benzene rings is 1. The van der Waals surface area contributed by atoms with Crippen molar-refractivity contribution < 1.29 is 143 Å². The van der Waals surface area contributed by atoms with Gasteiger partial charge in [-0.25, -0.2) is 14.4 Å². The topological polar surface area (TPSA) is 414 Å². The monoisotopic (exact) mass is 1960 g/mol. The average molecular weight is 1960 g/mol. The van der Waals surface area contributed by atoms with Crippen molar-refractivity contribution in [2.45, 2.75) is 333 Å². The molecule has 0 aliphatic carbocycles. The highest BCUT2D eigenvalue weighted by Crippen LogP contribution is 2.22. The third kappa shape index (κ3) is 69.0. The highest BCUT2D eigenvalue weighted by atomic mass is 16.6. The molecule has 1 aromatic carbocycles. The fraction of sp³-hybridized carbons (Fsp3) is 0.794. The van der Waals surface area contributed by atoms with Crippen LogP contribution in [0.1, 0.15) is 345 Å². The second-order valence-corrected chi connectivity index (χ2v) is 34.6. The van der Waals surface area contributed by atoms with Gasteiger partial charge in [0.25, 0.3) is 0 Å². The van der Waals surface area contributed by atoms with E-state index in [4.69, 9.17) is 71.1 Å². The molecule has 0 spiro atoms. The quantitative estimate of drug-likeness (QED) is 0.0332. The Morgan fingerprint density at radius 3 is 0.377 bits per heavy atom. The van der Waals surface area contributed by atoms with Crippen LogP contribution in [0.15, 0.2) is 18.2 Å². The van der Waals surface area contributed by atoms with E-state index < -0.39 is 125 Å². The van der Waals surface area contributed by atoms with E-state index in [2.05, 4.69) is 0 Å². The van der Waals surface area contributed by atoms with Gasteiger partial charge < -0.3 is 71.1 Å². The molecule has 0 aliphatic rings. The first-order valence-electron chi connectivity index (χ1n) is 51.6. The number of esters is 15. The van der Waals surface area contributed by atoms with E-state index in [0.717, 1.165) is 95.2 Å². The molecule has 0 amide bonds. The van der Waals surface area contributed by atoms with Gasteiger partial charge in [0.05, 0.1) is 173 Å². The molecule has 0 atom stereocenters. The van der Waals surface area contributed by atoms with Crippen molar-refractivity contribution in [3.63, 3.8) is 0 Å². The summed E-state index contributed by atoms with van der Waals surface area (Å²) in [4.78, 5) is 222. The fourth-order valence-electron chi connectivity index (χ4n) is 13.4. The molecule has 36 nitrogen and oxygen atoms in total. The van der Waals surface area contributed by atoms with Crippen molar-refractivity contribution in [2.75, 3.05) is 197 Å². The van der Waals surface area contributed by atoms with Crippen molar-refractivity contribution in [1.82, 2.24) is 29.4 Å². The first-order valence-corrected chi connectivity index (χ1v) is 51.6. The highest BCUT2D eigenvalue weighted by molar-refractivity contribution is 6.00. The number of nitrogens with zero attached hydrogens (tertiary/aromatic N) is 6. The maximum atomic E-state index is 16.1. The molecule has 0 radical (unpaired) electrons. The number of rotatable bonds is 90. The van der Waals surface area contributed by atoms with Crippen molar-refractivity contribution >= 4 is 89.5 Å². The van der Waals surface area contributed by atoms with E-state index in [0.29, 0.717) is 77.0 Å². The smallest absolute Gasteiger partial charge is 0.338 e. The fourth-order valence-corrected chi connectivity index (χ4v) is 13.4. The Balaban J connectivity index is 5.23. The Morgan fingerprint density at radius 2 is 0.283 bits per heavy atom. The van der Waals surface area contributed by atoms with Gasteiger partial charge in [0.2, 0.25) is 0 Å². The van der Waals surface area contributed by atoms with Crippen molar-refractivity contribution in [1.29, 1.82) is 0 Å². The molecule has 0 unspecified atom stereocenters. The summed E-state index contributed by atoms with van der Waals surface area (Å²) in [6.45, 7) is 22.7. The molecular weight excluding hydrogens is 1790 g/mol. The highest BCUT2D eigenvalue weighted by Gasteiger charge is 2.33. The Morgan fingerprint density at radius 1 is 0.181 bits per heavy atom. The van der Waals surface area contributed by atoms with Crippen LogP contribution in [-0.2, 0) is 129 Å². The van der Waals surface area contributed by atoms with Gasteiger partial charge in [-0.3, -0.25) is 86.9 Å². The van der Waals surface area contributed by atoms with Crippen molar-refractivity contribution in [2.24, 2.45) is 0 Å². The number of unbranched alkanes of at least 4 members (excludes halogenated alkanes) is 12. The normalized spacial score (nSPS) is 11.4. The number of carbonyl (C=O) groups excluding carboxylic acids is 15. The van der Waals surface area contributed by atoms with E-state index in [1.807, 2.05) is 83.1 Å². The predicted octanol–water partition coefficient (Wildman–Crippen LogP) is 13.9. The number of hydrogen-bond acceptors (Lipinski definition) is 36. The summed E-state index contributed by atoms with van der Waals surface area (Å²) in [5.41, 5.74) is -1.43. The lowest BCUT2D eigenvalue weighted by Crippen LogP contribution is -2.45. The van der Waals surface area contributed by atoms with Crippen LogP contribution in [0, 0.1) is 0 Å². The van der Waals surface area contributed by atoms with Crippen LogP contribution in [0.2, 0.25) is 0 Å². The molecule has 1 rings (SSSR count). The van der Waals surface area contributed by atoms with Crippen molar-refractivity contribution in [3.05, 3.63) is 34.9 Å². The first-order chi connectivity index (χ1) is 66.6. The molecule has 0 heterocycles. The lowest BCUT2D eigenvalue weighted by atomic mass is 10.0. The summed E-state index contributed by atoms with van der Waals surface area (Å²) in [5, 5.41) is 0. The molecular formula is C102H174N6O30. The first kappa shape index (κ1) is 127. The Kier molecular flexibility index (Phi) is 78.1. The minimum Gasteiger partial charge on any atom is -0.466 e. The predicted molar refractivity (Wildman–Crippen MR) is 519 cm³/mol. The van der Waals surface area contributed by atoms with Gasteiger partial charge in [0.15, 0.2) is 0 Å². The summed E-state index contributed by atoms with van der Waals surface area (Å²) in [5.74, 6) is -10.3. The molecule has 792 valence electrons. The molecule has 0 N–H and O–H groups in total. The Labute approximate surface area is 822 Å². The largest absolute Gasteiger partial charge is 0.466 e. The number of hydrogen-bond donors (Lipinski definition) is 0. The van der Waals surface area contributed by atoms with Crippen LogP contribution < -0.4 is 0 Å². The summed E-state index contributed by atoms with van der Waals surface area (Å²) >= 11 is 0. The summed E-state index contributed by atoms with van der Waals surface area (Å²) in [6, 6.07) is 3.36. The third-order valence-corrected chi connectivity index (χ3v) is 21.9. The van der Waals surface area contributed by atoms with Gasteiger partial charge in [0, 0.05) is 118 Å². The van der Waals surface area contributed by atoms with Gasteiger partial charge in [-0.05, 0) is 95.2 Å². The molecule has 138 heavy (non-hydrogen) atoms. The number of carbonyl (C=O) groups is 15. The molecule has 0 aliphatic heterocycles. The zero-order chi connectivity index (χ0) is 102. The van der Waals surface area contributed by atoms with Crippen LogP contribution in [0.4, 0.5) is 0 Å². The molecule has 0 aromatic heterocycles. The van der Waals surface area contributed by atoms with Gasteiger partial charge in [-0.2, -0.15) is 0 Å². The number of ether oxygens (including phenoxy) is 15. The zero-order valence-corrected chi connectivity index (χ0v) is 86.1. The van der Waals surface area contributed by atoms with E-state index in [-0.39, 0.29) is 274 Å². The lowest BCUT2D eigenvalue weighted by Gasteiger charge is -2.32. The summed E-state index contributed by atoms with van der Waals surface area (Å²) in [6.07, 6.45) is 9.41. The van der Waals surface area contributed by atoms with Gasteiger partial charge in [-0.1, -0.05) is 160 Å². The van der Waals surface area contributed by atoms with Gasteiger partial charge in [-0.15, -0.1) is 0 Å². The third-order valence-electron chi connectivity index (χ3n) is 21.9. The second kappa shape index (κ2) is 84.9. The zero-order valence-electron chi connectivity index (χ0n) is 86.1. The lowest BCUT2D eigenvalue weighted by molar-refractivity contribution is -0.146. The van der Waals surface area contributed by atoms with Crippen LogP contribution in [-0.4, -0.2) is 334 Å². The summed E-state index contributed by atoms with van der Waals surface area (Å²) < 4.78 is 87.2. The molecule has 36 heteroatoms. The van der Waals surface area contributed by atoms with Crippen LogP contribution in [0.3, 0.4) is 0 Å². The Bertz CT molecular complexity index is 2840. The summed E-state index contributed by atoms with van der Waals surface area (Å²) in [7, 11) is 0. The molecule has 0 fully saturated rings. The van der Waals surface area contributed by atoms with Crippen LogP contribution >= 0.6 is 0 Å². The van der Waals surface area contributed by atoms with Crippen LogP contribution in [0.5, 0.6) is 0 Å². The molecule has 0 saturated carbocycles. The minimum absolute atomic E-state index is 0.0610. The van der Waals surface area contributed by atoms with E-state index >= 15 is 14.4 Å². The SMILES string of the molecule is CCCCOC(=O)CCN(CCC(=O)OCCCC)CC(CN(CCC(=O)OCCCC)CCC(=O)OCCCC)OC(=O)c1cc(C(=O)OC(CN(CCC(=O)OCCCC)CCC(=O)OCCCC)CN(CCC(=O)OCCCC)CCC(=O)OCCCC)cc(C(=O)OC(CN(CCC(=O)OCCCC)CCC(=O)OCCCC)CN(CCC(=O)OCCCC)CCC(=O)OCCCC)c1. The van der Waals surface area contributed by atoms with Gasteiger partial charge >= 0.3 is 89.5 Å². The Hall–Kier alpha value is -8.97. The minimum atomic E-state index is -1.35. The standard InChI is InChI=1S/C102H174N6O30/c1-13-25-61-124-88(109)37-49-103(50-38-89(110)125-62-26-14-2)76-85(77-104(51-39-90(111)126-63-27-15-3)52-40-91(112)127-64-28-16-4)136-100(121)82-73-83(101(122)137-86(78-105(53-41-92(113)128-65-29-17-5)54-42-93(114)129-66-30-18-6)79-106(55-43-94(115)130-67-31-19-7)56-44-95(116)131-68-32-20-8)75-84(74-82)102(123)138-87(80-107(57-45-96(117)132-69-33-21-9)58-46-97(118)133-70-34-22-10)81-108(59-47-98(119)134-71-35-23-11)60-48-99(120)135-72-36-24-12/h73-75,85-87H,13-72,76-81H2,1-12H3. The molecule has 0 saturated heterocycles. The maximum Gasteiger partial charge on any atom is 0.338 e. The molecule has 0 bridgehead atoms. The maximum absolute atomic E-state index is 16.1. The average Bonchev–Trinajstić information content (AvgIpc) is 0.812. The van der Waals surface area contributed by atoms with Crippen molar-refractivity contribution in [3.8, 4) is 0 Å². The molecule has 1 aromatic rings. The second-order valence-electron chi connectivity index (χ2n) is 34.6. The van der Waals surface area contributed by atoms with E-state index in [9.17, 15) is 57.5 Å². The van der Waals surface area contributed by atoms with Crippen LogP contribution in [0.25, 0.3) is 0 Å².